The quantitative estimate of drug-likeness (QED) is 0.409. The minimum absolute atomic E-state index is 0.00949. The van der Waals surface area contributed by atoms with Crippen LogP contribution in [0.25, 0.3) is 10.2 Å². The van der Waals surface area contributed by atoms with E-state index < -0.39 is 4.92 Å². The summed E-state index contributed by atoms with van der Waals surface area (Å²) in [6.45, 7) is 3.13. The molecule has 1 amide bonds. The number of piperidine rings is 1. The smallest absolute Gasteiger partial charge is 0.286 e. The van der Waals surface area contributed by atoms with Crippen molar-refractivity contribution < 1.29 is 19.2 Å². The molecule has 1 saturated heterocycles. The second-order valence-electron chi connectivity index (χ2n) is 7.32. The standard InChI is InChI=1S/C22H23N3O5S/c1-3-30-19-12-17(25(27)28)15(11-18(19)29-2)22(26)24-10-6-7-14(13-24)21-23-16-8-4-5-9-20(16)31-21/h4-5,8-9,11-12,14H,3,6-7,10,13H2,1-2H3. The molecule has 1 atom stereocenters. The Labute approximate surface area is 183 Å². The van der Waals surface area contributed by atoms with E-state index in [0.717, 1.165) is 28.1 Å². The number of rotatable bonds is 6. The van der Waals surface area contributed by atoms with Gasteiger partial charge in [0.1, 0.15) is 5.56 Å². The number of fused-ring (bicyclic) bond motifs is 1. The van der Waals surface area contributed by atoms with Crippen LogP contribution in [0.3, 0.4) is 0 Å². The number of hydrogen-bond donors (Lipinski definition) is 0. The monoisotopic (exact) mass is 441 g/mol. The third-order valence-corrected chi connectivity index (χ3v) is 6.58. The summed E-state index contributed by atoms with van der Waals surface area (Å²) in [5, 5.41) is 12.7. The average molecular weight is 442 g/mol. The molecule has 1 fully saturated rings. The van der Waals surface area contributed by atoms with E-state index in [1.165, 1.54) is 19.2 Å². The maximum absolute atomic E-state index is 13.3. The molecule has 1 aliphatic heterocycles. The second-order valence-corrected chi connectivity index (χ2v) is 8.38. The van der Waals surface area contributed by atoms with Gasteiger partial charge in [-0.3, -0.25) is 14.9 Å². The topological polar surface area (TPSA) is 94.8 Å². The summed E-state index contributed by atoms with van der Waals surface area (Å²) in [7, 11) is 1.45. The number of carbonyl (C=O) groups is 1. The highest BCUT2D eigenvalue weighted by Gasteiger charge is 2.32. The molecule has 9 heteroatoms. The SMILES string of the molecule is CCOc1cc([N+](=O)[O-])c(C(=O)N2CCCC(c3nc4ccccc4s3)C2)cc1OC. The number of thiazole rings is 1. The zero-order chi connectivity index (χ0) is 22.0. The number of para-hydroxylation sites is 1. The predicted molar refractivity (Wildman–Crippen MR) is 118 cm³/mol. The van der Waals surface area contributed by atoms with E-state index in [-0.39, 0.29) is 28.8 Å². The number of benzene rings is 2. The summed E-state index contributed by atoms with van der Waals surface area (Å²) in [4.78, 5) is 30.9. The maximum atomic E-state index is 13.3. The second kappa shape index (κ2) is 8.89. The van der Waals surface area contributed by atoms with Crippen LogP contribution in [-0.4, -0.2) is 47.5 Å². The Balaban J connectivity index is 1.63. The first kappa shape index (κ1) is 21.0. The zero-order valence-electron chi connectivity index (χ0n) is 17.4. The van der Waals surface area contributed by atoms with Crippen molar-refractivity contribution in [3.8, 4) is 11.5 Å². The highest BCUT2D eigenvalue weighted by molar-refractivity contribution is 7.18. The van der Waals surface area contributed by atoms with Crippen molar-refractivity contribution >= 4 is 33.1 Å². The molecule has 8 nitrogen and oxygen atoms in total. The van der Waals surface area contributed by atoms with Crippen molar-refractivity contribution in [3.05, 3.63) is 57.1 Å². The van der Waals surface area contributed by atoms with Gasteiger partial charge in [0.25, 0.3) is 11.6 Å². The van der Waals surface area contributed by atoms with Crippen molar-refractivity contribution in [2.45, 2.75) is 25.7 Å². The van der Waals surface area contributed by atoms with Crippen molar-refractivity contribution in [3.63, 3.8) is 0 Å². The van der Waals surface area contributed by atoms with Crippen molar-refractivity contribution in [2.75, 3.05) is 26.8 Å². The number of methoxy groups -OCH3 is 1. The van der Waals surface area contributed by atoms with Crippen LogP contribution in [0, 0.1) is 10.1 Å². The van der Waals surface area contributed by atoms with Crippen LogP contribution in [0.4, 0.5) is 5.69 Å². The molecule has 1 unspecified atom stereocenters. The maximum Gasteiger partial charge on any atom is 0.286 e. The Kier molecular flexibility index (Phi) is 6.03. The lowest BCUT2D eigenvalue weighted by atomic mass is 9.97. The molecule has 1 aliphatic rings. The third-order valence-electron chi connectivity index (χ3n) is 5.38. The van der Waals surface area contributed by atoms with E-state index in [2.05, 4.69) is 0 Å². The number of aromatic nitrogens is 1. The number of hydrogen-bond acceptors (Lipinski definition) is 7. The molecule has 31 heavy (non-hydrogen) atoms. The van der Waals surface area contributed by atoms with Crippen LogP contribution < -0.4 is 9.47 Å². The first-order valence-corrected chi connectivity index (χ1v) is 11.0. The summed E-state index contributed by atoms with van der Waals surface area (Å²) in [6.07, 6.45) is 1.74. The fourth-order valence-electron chi connectivity index (χ4n) is 3.90. The highest BCUT2D eigenvalue weighted by Crippen LogP contribution is 2.37. The normalized spacial score (nSPS) is 16.3. The van der Waals surface area contributed by atoms with Crippen LogP contribution in [-0.2, 0) is 0 Å². The molecule has 162 valence electrons. The van der Waals surface area contributed by atoms with Gasteiger partial charge >= 0.3 is 0 Å². The van der Waals surface area contributed by atoms with E-state index in [1.54, 1.807) is 23.2 Å². The van der Waals surface area contributed by atoms with Crippen LogP contribution in [0.15, 0.2) is 36.4 Å². The van der Waals surface area contributed by atoms with Gasteiger partial charge < -0.3 is 14.4 Å². The number of likely N-dealkylation sites (tertiary alicyclic amines) is 1. The lowest BCUT2D eigenvalue weighted by Gasteiger charge is -2.32. The van der Waals surface area contributed by atoms with Gasteiger partial charge in [0.2, 0.25) is 0 Å². The van der Waals surface area contributed by atoms with Crippen molar-refractivity contribution in [2.24, 2.45) is 0 Å². The first-order valence-electron chi connectivity index (χ1n) is 10.2. The molecule has 0 aliphatic carbocycles. The molecule has 0 radical (unpaired) electrons. The van der Waals surface area contributed by atoms with Crippen LogP contribution in [0.2, 0.25) is 0 Å². The molecular weight excluding hydrogens is 418 g/mol. The highest BCUT2D eigenvalue weighted by atomic mass is 32.1. The van der Waals surface area contributed by atoms with Gasteiger partial charge in [0, 0.05) is 25.1 Å². The molecule has 3 aromatic rings. The molecule has 1 aromatic heterocycles. The van der Waals surface area contributed by atoms with Gasteiger partial charge in [-0.05, 0) is 31.9 Å². The number of nitro benzene ring substituents is 1. The van der Waals surface area contributed by atoms with Crippen LogP contribution in [0.1, 0.15) is 41.0 Å². The summed E-state index contributed by atoms with van der Waals surface area (Å²) in [5.74, 6) is 0.285. The first-order chi connectivity index (χ1) is 15.0. The number of amides is 1. The summed E-state index contributed by atoms with van der Waals surface area (Å²) in [5.41, 5.74) is 0.685. The molecule has 4 rings (SSSR count). The predicted octanol–water partition coefficient (Wildman–Crippen LogP) is 4.63. The number of nitro groups is 1. The Morgan fingerprint density at radius 1 is 1.32 bits per heavy atom. The average Bonchev–Trinajstić information content (AvgIpc) is 3.23. The molecule has 0 N–H and O–H groups in total. The fourth-order valence-corrected chi connectivity index (χ4v) is 4.99. The molecule has 2 heterocycles. The lowest BCUT2D eigenvalue weighted by Crippen LogP contribution is -2.39. The Bertz CT molecular complexity index is 1100. The van der Waals surface area contributed by atoms with E-state index >= 15 is 0 Å². The van der Waals surface area contributed by atoms with E-state index in [1.807, 2.05) is 24.3 Å². The Hall–Kier alpha value is -3.20. The van der Waals surface area contributed by atoms with Gasteiger partial charge in [0.15, 0.2) is 11.5 Å². The minimum atomic E-state index is -0.551. The van der Waals surface area contributed by atoms with Gasteiger partial charge in [-0.2, -0.15) is 0 Å². The third kappa shape index (κ3) is 4.18. The fraction of sp³-hybridized carbons (Fsp3) is 0.364. The van der Waals surface area contributed by atoms with E-state index in [4.69, 9.17) is 14.5 Å². The largest absolute Gasteiger partial charge is 0.493 e. The van der Waals surface area contributed by atoms with Crippen molar-refractivity contribution in [1.82, 2.24) is 9.88 Å². The molecular formula is C22H23N3O5S. The van der Waals surface area contributed by atoms with Gasteiger partial charge in [-0.25, -0.2) is 4.98 Å². The Morgan fingerprint density at radius 2 is 2.13 bits per heavy atom. The molecule has 2 aromatic carbocycles. The van der Waals surface area contributed by atoms with E-state index in [9.17, 15) is 14.9 Å². The zero-order valence-corrected chi connectivity index (χ0v) is 18.2. The van der Waals surface area contributed by atoms with Crippen molar-refractivity contribution in [1.29, 1.82) is 0 Å². The van der Waals surface area contributed by atoms with E-state index in [0.29, 0.717) is 25.4 Å². The Morgan fingerprint density at radius 3 is 2.84 bits per heavy atom. The van der Waals surface area contributed by atoms with Gasteiger partial charge in [-0.1, -0.05) is 12.1 Å². The number of carbonyl (C=O) groups excluding carboxylic acids is 1. The summed E-state index contributed by atoms with van der Waals surface area (Å²) >= 11 is 1.64. The van der Waals surface area contributed by atoms with Gasteiger partial charge in [0.05, 0.1) is 39.9 Å². The molecule has 0 bridgehead atoms. The summed E-state index contributed by atoms with van der Waals surface area (Å²) in [6, 6.07) is 10.6. The molecule has 0 saturated carbocycles. The van der Waals surface area contributed by atoms with Crippen LogP contribution >= 0.6 is 11.3 Å². The minimum Gasteiger partial charge on any atom is -0.493 e. The number of ether oxygens (including phenoxy) is 2. The molecule has 0 spiro atoms. The van der Waals surface area contributed by atoms with Crippen LogP contribution in [0.5, 0.6) is 11.5 Å². The lowest BCUT2D eigenvalue weighted by molar-refractivity contribution is -0.385. The van der Waals surface area contributed by atoms with Gasteiger partial charge in [-0.15, -0.1) is 11.3 Å². The summed E-state index contributed by atoms with van der Waals surface area (Å²) < 4.78 is 11.9. The number of nitrogens with zero attached hydrogens (tertiary/aromatic N) is 3.